The number of ether oxygens (including phenoxy) is 1. The molecule has 5 nitrogen and oxygen atoms in total. The van der Waals surface area contributed by atoms with Crippen LogP contribution in [0.5, 0.6) is 5.75 Å². The monoisotopic (exact) mass is 368 g/mol. The molecule has 6 heteroatoms. The molecule has 0 aliphatic heterocycles. The van der Waals surface area contributed by atoms with E-state index in [0.29, 0.717) is 16.9 Å². The Labute approximate surface area is 151 Å². The Kier molecular flexibility index (Phi) is 4.01. The molecule has 3 aromatic carbocycles. The van der Waals surface area contributed by atoms with Crippen molar-refractivity contribution in [2.45, 2.75) is 6.42 Å². The summed E-state index contributed by atoms with van der Waals surface area (Å²) < 4.78 is 36.1. The zero-order valence-electron chi connectivity index (χ0n) is 13.8. The maximum Gasteiger partial charge on any atom is 0.264 e. The normalized spacial score (nSPS) is 12.9. The molecule has 0 bridgehead atoms. The second kappa shape index (κ2) is 6.23. The van der Waals surface area contributed by atoms with Crippen LogP contribution in [0.25, 0.3) is 21.9 Å². The molecule has 0 saturated heterocycles. The van der Waals surface area contributed by atoms with Gasteiger partial charge in [0.1, 0.15) is 5.75 Å². The summed E-state index contributed by atoms with van der Waals surface area (Å²) in [5.74, 6) is 0.232. The molecule has 0 saturated carbocycles. The molecule has 0 spiro atoms. The molecule has 0 unspecified atom stereocenters. The lowest BCUT2D eigenvalue weighted by atomic mass is 9.83. The van der Waals surface area contributed by atoms with Crippen molar-refractivity contribution in [3.05, 3.63) is 65.7 Å². The fourth-order valence-electron chi connectivity index (χ4n) is 3.40. The van der Waals surface area contributed by atoms with E-state index >= 15 is 0 Å². The van der Waals surface area contributed by atoms with Crippen LogP contribution in [0.1, 0.15) is 22.3 Å². The van der Waals surface area contributed by atoms with E-state index in [-0.39, 0.29) is 24.6 Å². The lowest BCUT2D eigenvalue weighted by Crippen LogP contribution is -2.11. The van der Waals surface area contributed by atoms with Crippen LogP contribution in [-0.2, 0) is 10.1 Å². The summed E-state index contributed by atoms with van der Waals surface area (Å²) >= 11 is 0. The average molecular weight is 368 g/mol. The lowest BCUT2D eigenvalue weighted by molar-refractivity contribution is 0.104. The first-order chi connectivity index (χ1) is 12.5. The molecule has 0 atom stereocenters. The van der Waals surface area contributed by atoms with E-state index in [1.54, 1.807) is 0 Å². The van der Waals surface area contributed by atoms with E-state index in [1.165, 1.54) is 0 Å². The largest absolute Gasteiger partial charge is 0.493 e. The second-order valence-corrected chi connectivity index (χ2v) is 7.77. The quantitative estimate of drug-likeness (QED) is 0.429. The van der Waals surface area contributed by atoms with Gasteiger partial charge in [0.15, 0.2) is 5.78 Å². The zero-order chi connectivity index (χ0) is 18.3. The summed E-state index contributed by atoms with van der Waals surface area (Å²) in [5.41, 5.74) is 3.21. The fraction of sp³-hybridized carbons (Fsp3) is 0.150. The molecule has 4 rings (SSSR count). The number of hydrogen-bond acceptors (Lipinski definition) is 4. The van der Waals surface area contributed by atoms with Crippen molar-refractivity contribution in [1.29, 1.82) is 0 Å². The van der Waals surface area contributed by atoms with Crippen molar-refractivity contribution in [2.24, 2.45) is 0 Å². The molecule has 0 fully saturated rings. The van der Waals surface area contributed by atoms with E-state index in [4.69, 9.17) is 9.29 Å². The van der Waals surface area contributed by atoms with Crippen LogP contribution in [0.2, 0.25) is 0 Å². The first kappa shape index (κ1) is 16.8. The Bertz CT molecular complexity index is 1130. The van der Waals surface area contributed by atoms with Crippen LogP contribution in [0.4, 0.5) is 0 Å². The third kappa shape index (κ3) is 2.87. The van der Waals surface area contributed by atoms with Crippen molar-refractivity contribution in [3.8, 4) is 16.9 Å². The fourth-order valence-corrected chi connectivity index (χ4v) is 3.89. The predicted molar refractivity (Wildman–Crippen MR) is 99.3 cm³/mol. The lowest BCUT2D eigenvalue weighted by Gasteiger charge is -2.21. The van der Waals surface area contributed by atoms with Gasteiger partial charge in [-0.25, -0.2) is 0 Å². The van der Waals surface area contributed by atoms with E-state index in [2.05, 4.69) is 0 Å². The van der Waals surface area contributed by atoms with Gasteiger partial charge in [-0.3, -0.25) is 9.35 Å². The molecule has 1 aliphatic carbocycles. The highest BCUT2D eigenvalue weighted by Crippen LogP contribution is 2.42. The maximum absolute atomic E-state index is 12.8. The molecule has 26 heavy (non-hydrogen) atoms. The van der Waals surface area contributed by atoms with Gasteiger partial charge in [-0.15, -0.1) is 0 Å². The highest BCUT2D eigenvalue weighted by molar-refractivity contribution is 7.85. The van der Waals surface area contributed by atoms with Gasteiger partial charge < -0.3 is 4.74 Å². The molecular weight excluding hydrogens is 352 g/mol. The number of ketones is 1. The van der Waals surface area contributed by atoms with Gasteiger partial charge in [0.25, 0.3) is 10.1 Å². The van der Waals surface area contributed by atoms with Crippen LogP contribution in [0.15, 0.2) is 54.6 Å². The minimum Gasteiger partial charge on any atom is -0.493 e. The molecule has 132 valence electrons. The van der Waals surface area contributed by atoms with E-state index in [1.807, 2.05) is 54.6 Å². The van der Waals surface area contributed by atoms with Gasteiger partial charge in [-0.2, -0.15) is 8.42 Å². The zero-order valence-corrected chi connectivity index (χ0v) is 14.6. The van der Waals surface area contributed by atoms with Crippen molar-refractivity contribution in [2.75, 3.05) is 12.4 Å². The molecule has 1 N–H and O–H groups in total. The summed E-state index contributed by atoms with van der Waals surface area (Å²) in [5, 5.41) is 1.66. The van der Waals surface area contributed by atoms with Gasteiger partial charge in [-0.05, 0) is 23.6 Å². The van der Waals surface area contributed by atoms with Crippen LogP contribution in [0.3, 0.4) is 0 Å². The van der Waals surface area contributed by atoms with Gasteiger partial charge in [0.05, 0.1) is 12.4 Å². The van der Waals surface area contributed by atoms with Crippen LogP contribution >= 0.6 is 0 Å². The predicted octanol–water partition coefficient (Wildman–Crippen LogP) is 3.71. The number of fused-ring (bicyclic) bond motifs is 2. The highest BCUT2D eigenvalue weighted by Gasteiger charge is 2.25. The minimum absolute atomic E-state index is 0.0118. The molecule has 0 heterocycles. The third-order valence-corrected chi connectivity index (χ3v) is 5.32. The van der Waals surface area contributed by atoms with Crippen molar-refractivity contribution >= 4 is 26.7 Å². The molecule has 1 aliphatic rings. The Hall–Kier alpha value is -2.70. The Morgan fingerprint density at radius 1 is 0.846 bits per heavy atom. The summed E-state index contributed by atoms with van der Waals surface area (Å²) in [6.07, 6.45) is 0.184. The molecule has 3 aromatic rings. The summed E-state index contributed by atoms with van der Waals surface area (Å²) in [6, 6.07) is 16.8. The summed E-state index contributed by atoms with van der Waals surface area (Å²) in [4.78, 5) is 12.8. The SMILES string of the molecule is O=C1c2ccccc2-c2ccc(OCCCS(=O)(=O)O)c3cccc1c23. The molecular formula is C20H16O5S. The number of benzene rings is 3. The van der Waals surface area contributed by atoms with E-state index in [9.17, 15) is 13.2 Å². The second-order valence-electron chi connectivity index (χ2n) is 6.20. The number of hydrogen-bond donors (Lipinski definition) is 1. The van der Waals surface area contributed by atoms with Gasteiger partial charge in [0, 0.05) is 21.9 Å². The van der Waals surface area contributed by atoms with Crippen LogP contribution in [0, 0.1) is 0 Å². The maximum atomic E-state index is 12.8. The van der Waals surface area contributed by atoms with Crippen molar-refractivity contribution in [3.63, 3.8) is 0 Å². The van der Waals surface area contributed by atoms with Gasteiger partial charge in [0.2, 0.25) is 0 Å². The highest BCUT2D eigenvalue weighted by atomic mass is 32.2. The molecule has 0 aromatic heterocycles. The third-order valence-electron chi connectivity index (χ3n) is 4.51. The van der Waals surface area contributed by atoms with Crippen LogP contribution < -0.4 is 4.74 Å². The summed E-state index contributed by atoms with van der Waals surface area (Å²) in [6.45, 7) is 0.156. The number of rotatable bonds is 5. The minimum atomic E-state index is -3.99. The Morgan fingerprint density at radius 2 is 1.58 bits per heavy atom. The van der Waals surface area contributed by atoms with Crippen LogP contribution in [-0.4, -0.2) is 31.1 Å². The van der Waals surface area contributed by atoms with Gasteiger partial charge >= 0.3 is 0 Å². The van der Waals surface area contributed by atoms with Crippen molar-refractivity contribution in [1.82, 2.24) is 0 Å². The molecule has 0 radical (unpaired) electrons. The smallest absolute Gasteiger partial charge is 0.264 e. The van der Waals surface area contributed by atoms with Gasteiger partial charge in [-0.1, -0.05) is 48.5 Å². The van der Waals surface area contributed by atoms with E-state index < -0.39 is 10.1 Å². The Balaban J connectivity index is 1.76. The summed E-state index contributed by atoms with van der Waals surface area (Å²) in [7, 11) is -3.99. The first-order valence-corrected chi connectivity index (χ1v) is 9.84. The number of carbonyl (C=O) groups is 1. The standard InChI is InChI=1S/C20H16O5S/c21-20-15-6-2-1-5-13(15)14-9-10-18(25-11-4-12-26(22,23)24)16-7-3-8-17(20)19(14)16/h1-3,5-10H,4,11-12H2,(H,22,23,24). The average Bonchev–Trinajstić information content (AvgIpc) is 2.63. The van der Waals surface area contributed by atoms with E-state index in [0.717, 1.165) is 21.9 Å². The Morgan fingerprint density at radius 3 is 2.35 bits per heavy atom. The molecule has 0 amide bonds. The number of carbonyl (C=O) groups excluding carboxylic acids is 1. The first-order valence-electron chi connectivity index (χ1n) is 8.23. The van der Waals surface area contributed by atoms with Crippen molar-refractivity contribution < 1.29 is 22.5 Å². The topological polar surface area (TPSA) is 80.7 Å².